The van der Waals surface area contributed by atoms with Gasteiger partial charge in [-0.05, 0) is 61.3 Å². The minimum Gasteiger partial charge on any atom is -0.493 e. The van der Waals surface area contributed by atoms with Crippen molar-refractivity contribution in [2.45, 2.75) is 52.6 Å². The molecule has 2 unspecified atom stereocenters. The van der Waals surface area contributed by atoms with Crippen LogP contribution in [0.25, 0.3) is 0 Å². The number of carbonyl (C=O) groups is 1. The zero-order valence-electron chi connectivity index (χ0n) is 23.2. The molecule has 1 rings (SSSR count). The molecule has 37 heavy (non-hydrogen) atoms. The predicted molar refractivity (Wildman–Crippen MR) is 154 cm³/mol. The van der Waals surface area contributed by atoms with Crippen molar-refractivity contribution in [3.63, 3.8) is 0 Å². The topological polar surface area (TPSA) is 92.0 Å². The van der Waals surface area contributed by atoms with E-state index in [1.165, 1.54) is 5.56 Å². The molecule has 0 heterocycles. The Morgan fingerprint density at radius 2 is 1.97 bits per heavy atom. The minimum atomic E-state index is -0.747. The van der Waals surface area contributed by atoms with E-state index < -0.39 is 6.09 Å². The summed E-state index contributed by atoms with van der Waals surface area (Å²) in [5.74, 6) is 3.09. The maximum atomic E-state index is 11.5. The van der Waals surface area contributed by atoms with E-state index in [4.69, 9.17) is 24.7 Å². The highest BCUT2D eigenvalue weighted by Crippen LogP contribution is 2.31. The first kappa shape index (κ1) is 32.6. The van der Waals surface area contributed by atoms with Crippen molar-refractivity contribution in [2.75, 3.05) is 39.7 Å². The third-order valence-corrected chi connectivity index (χ3v) is 6.83. The number of nitrogens with one attached hydrogen (secondary N) is 1. The number of allylic oxidation sites excluding steroid dienone is 4. The minimum absolute atomic E-state index is 0.298. The maximum Gasteiger partial charge on any atom is 0.404 e. The highest BCUT2D eigenvalue weighted by molar-refractivity contribution is 7.97. The molecular formula is C29H46N2O5S. The number of primary amides is 1. The Labute approximate surface area is 228 Å². The summed E-state index contributed by atoms with van der Waals surface area (Å²) in [6.07, 6.45) is 10.1. The van der Waals surface area contributed by atoms with Gasteiger partial charge in [0.25, 0.3) is 0 Å². The zero-order valence-corrected chi connectivity index (χ0v) is 24.0. The fraction of sp³-hybridized carbons (Fsp3) is 0.552. The Morgan fingerprint density at radius 1 is 1.19 bits per heavy atom. The zero-order chi connectivity index (χ0) is 27.5. The van der Waals surface area contributed by atoms with Crippen molar-refractivity contribution in [3.8, 4) is 11.5 Å². The molecule has 3 N–H and O–H groups in total. The SMILES string of the molecule is C=C/C(=C\C=C/C)CSNCC(CCC(Cc1ccc(OC)c(OCCCOC)c1)C(C)C)OC(N)=O. The number of nitrogens with two attached hydrogens (primary N) is 1. The smallest absolute Gasteiger partial charge is 0.404 e. The van der Waals surface area contributed by atoms with E-state index in [1.54, 1.807) is 26.2 Å². The van der Waals surface area contributed by atoms with Crippen molar-refractivity contribution in [2.24, 2.45) is 17.6 Å². The molecule has 8 heteroatoms. The monoisotopic (exact) mass is 534 g/mol. The van der Waals surface area contributed by atoms with Gasteiger partial charge in [0.05, 0.1) is 13.7 Å². The highest BCUT2D eigenvalue weighted by atomic mass is 32.2. The van der Waals surface area contributed by atoms with Crippen LogP contribution in [0, 0.1) is 11.8 Å². The van der Waals surface area contributed by atoms with Crippen LogP contribution < -0.4 is 19.9 Å². The van der Waals surface area contributed by atoms with Crippen LogP contribution >= 0.6 is 11.9 Å². The number of rotatable bonds is 20. The van der Waals surface area contributed by atoms with Crippen molar-refractivity contribution in [1.82, 2.24) is 4.72 Å². The molecule has 1 amide bonds. The van der Waals surface area contributed by atoms with Crippen LogP contribution in [0.5, 0.6) is 11.5 Å². The average molecular weight is 535 g/mol. The molecular weight excluding hydrogens is 488 g/mol. The fourth-order valence-electron chi connectivity index (χ4n) is 3.77. The molecule has 7 nitrogen and oxygen atoms in total. The van der Waals surface area contributed by atoms with E-state index in [9.17, 15) is 4.79 Å². The fourth-order valence-corrected chi connectivity index (χ4v) is 4.55. The van der Waals surface area contributed by atoms with Gasteiger partial charge in [-0.2, -0.15) is 0 Å². The third-order valence-electron chi connectivity index (χ3n) is 5.98. The molecule has 0 spiro atoms. The Balaban J connectivity index is 2.74. The second-order valence-electron chi connectivity index (χ2n) is 9.13. The molecule has 0 fully saturated rings. The Hall–Kier alpha value is -2.42. The quantitative estimate of drug-likeness (QED) is 0.119. The lowest BCUT2D eigenvalue weighted by atomic mass is 9.85. The van der Waals surface area contributed by atoms with Crippen LogP contribution in [0.3, 0.4) is 0 Å². The van der Waals surface area contributed by atoms with Crippen LogP contribution in [0.1, 0.15) is 45.6 Å². The summed E-state index contributed by atoms with van der Waals surface area (Å²) in [6.45, 7) is 12.0. The number of amides is 1. The lowest BCUT2D eigenvalue weighted by Gasteiger charge is -2.24. The van der Waals surface area contributed by atoms with Crippen molar-refractivity contribution < 1.29 is 23.7 Å². The Kier molecular flexibility index (Phi) is 17.3. The van der Waals surface area contributed by atoms with E-state index in [0.717, 1.165) is 48.5 Å². The summed E-state index contributed by atoms with van der Waals surface area (Å²) in [6, 6.07) is 6.11. The molecule has 0 saturated carbocycles. The van der Waals surface area contributed by atoms with Crippen LogP contribution in [0.4, 0.5) is 4.79 Å². The average Bonchev–Trinajstić information content (AvgIpc) is 2.87. The molecule has 0 aliphatic rings. The number of hydrogen-bond donors (Lipinski definition) is 2. The van der Waals surface area contributed by atoms with Gasteiger partial charge in [0.15, 0.2) is 11.5 Å². The van der Waals surface area contributed by atoms with Crippen LogP contribution in [-0.2, 0) is 15.9 Å². The summed E-state index contributed by atoms with van der Waals surface area (Å²) >= 11 is 1.56. The normalized spacial score (nSPS) is 13.5. The lowest BCUT2D eigenvalue weighted by Crippen LogP contribution is -2.31. The first-order chi connectivity index (χ1) is 17.8. The predicted octanol–water partition coefficient (Wildman–Crippen LogP) is 6.10. The van der Waals surface area contributed by atoms with E-state index in [-0.39, 0.29) is 6.10 Å². The molecule has 1 aromatic carbocycles. The number of hydrogen-bond acceptors (Lipinski definition) is 7. The molecule has 0 aliphatic carbocycles. The van der Waals surface area contributed by atoms with Gasteiger partial charge in [0.2, 0.25) is 0 Å². The standard InChI is InChI=1S/C29H46N2O5S/c1-7-9-11-23(8-2)21-37-31-20-26(36-29(30)32)14-13-25(22(3)4)18-24-12-15-27(34-6)28(19-24)35-17-10-16-33-5/h7-9,11-12,15,19,22,25-26,31H,2,10,13-14,16-18,20-21H2,1,3-6H3,(H2,30,32)/b9-7-,23-11+. The van der Waals surface area contributed by atoms with E-state index in [0.29, 0.717) is 31.6 Å². The summed E-state index contributed by atoms with van der Waals surface area (Å²) < 4.78 is 25.3. The van der Waals surface area contributed by atoms with Gasteiger partial charge >= 0.3 is 6.09 Å². The molecule has 0 radical (unpaired) electrons. The lowest BCUT2D eigenvalue weighted by molar-refractivity contribution is 0.0973. The molecule has 0 bridgehead atoms. The summed E-state index contributed by atoms with van der Waals surface area (Å²) in [5.41, 5.74) is 7.66. The molecule has 0 aliphatic heterocycles. The summed E-state index contributed by atoms with van der Waals surface area (Å²) in [7, 11) is 3.33. The molecule has 1 aromatic rings. The summed E-state index contributed by atoms with van der Waals surface area (Å²) in [5, 5.41) is 0. The van der Waals surface area contributed by atoms with Crippen LogP contribution in [0.15, 0.2) is 54.7 Å². The second-order valence-corrected chi connectivity index (χ2v) is 10.00. The third kappa shape index (κ3) is 14.2. The van der Waals surface area contributed by atoms with Gasteiger partial charge in [-0.1, -0.05) is 62.7 Å². The van der Waals surface area contributed by atoms with E-state index in [1.807, 2.05) is 37.3 Å². The molecule has 2 atom stereocenters. The number of ether oxygens (including phenoxy) is 4. The van der Waals surface area contributed by atoms with E-state index >= 15 is 0 Å². The van der Waals surface area contributed by atoms with Crippen LogP contribution in [0.2, 0.25) is 0 Å². The van der Waals surface area contributed by atoms with Crippen molar-refractivity contribution in [1.29, 1.82) is 0 Å². The first-order valence-corrected chi connectivity index (χ1v) is 13.9. The summed E-state index contributed by atoms with van der Waals surface area (Å²) in [4.78, 5) is 11.5. The largest absolute Gasteiger partial charge is 0.493 e. The molecule has 208 valence electrons. The number of carbonyl (C=O) groups excluding carboxylic acids is 1. The van der Waals surface area contributed by atoms with Crippen molar-refractivity contribution in [3.05, 3.63) is 60.2 Å². The van der Waals surface area contributed by atoms with E-state index in [2.05, 4.69) is 37.3 Å². The van der Waals surface area contributed by atoms with Gasteiger partial charge in [-0.15, -0.1) is 0 Å². The van der Waals surface area contributed by atoms with Crippen LogP contribution in [-0.4, -0.2) is 51.9 Å². The number of methoxy groups -OCH3 is 2. The van der Waals surface area contributed by atoms with Gasteiger partial charge in [0, 0.05) is 32.4 Å². The Bertz CT molecular complexity index is 857. The second kappa shape index (κ2) is 19.7. The maximum absolute atomic E-state index is 11.5. The highest BCUT2D eigenvalue weighted by Gasteiger charge is 2.20. The van der Waals surface area contributed by atoms with Gasteiger partial charge in [0.1, 0.15) is 6.10 Å². The molecule has 0 saturated heterocycles. The van der Waals surface area contributed by atoms with Gasteiger partial charge < -0.3 is 24.7 Å². The first-order valence-electron chi connectivity index (χ1n) is 12.9. The number of benzene rings is 1. The Morgan fingerprint density at radius 3 is 2.59 bits per heavy atom. The van der Waals surface area contributed by atoms with Crippen molar-refractivity contribution >= 4 is 18.0 Å². The van der Waals surface area contributed by atoms with Gasteiger partial charge in [-0.3, -0.25) is 4.72 Å². The van der Waals surface area contributed by atoms with Gasteiger partial charge in [-0.25, -0.2) is 4.79 Å². The molecule has 0 aromatic heterocycles.